The molecule has 2 fully saturated rings. The van der Waals surface area contributed by atoms with Crippen molar-refractivity contribution in [1.29, 1.82) is 0 Å². The number of ether oxygens (including phenoxy) is 1. The smallest absolute Gasteiger partial charge is 0.325 e. The van der Waals surface area contributed by atoms with E-state index in [2.05, 4.69) is 21.3 Å². The van der Waals surface area contributed by atoms with E-state index >= 15 is 0 Å². The molecule has 4 amide bonds. The van der Waals surface area contributed by atoms with E-state index in [0.717, 1.165) is 18.5 Å². The summed E-state index contributed by atoms with van der Waals surface area (Å²) in [5, 5.41) is 20.6. The van der Waals surface area contributed by atoms with Crippen molar-refractivity contribution in [3.05, 3.63) is 35.9 Å². The third-order valence-corrected chi connectivity index (χ3v) is 6.12. The minimum Gasteiger partial charge on any atom is -0.460 e. The maximum Gasteiger partial charge on any atom is 0.325 e. The zero-order valence-corrected chi connectivity index (χ0v) is 20.2. The largest absolute Gasteiger partial charge is 0.460 e. The molecule has 0 spiro atoms. The van der Waals surface area contributed by atoms with Crippen LogP contribution in [0, 0.1) is 0 Å². The second-order valence-electron chi connectivity index (χ2n) is 8.85. The first-order valence-corrected chi connectivity index (χ1v) is 12.0. The minimum atomic E-state index is -1.07. The molecule has 2 heterocycles. The Bertz CT molecular complexity index is 951. The first kappa shape index (κ1) is 27.1. The molecule has 0 saturated carbocycles. The van der Waals surface area contributed by atoms with E-state index in [-0.39, 0.29) is 38.1 Å². The SMILES string of the molecule is C[C@H](NC(=O)CNC(=O)[C@@H]1C(O)CCN1C(=O)[C@@H]1CCCN1)C(=O)NCC(=O)OCc1ccccc1. The van der Waals surface area contributed by atoms with Gasteiger partial charge in [0.1, 0.15) is 25.2 Å². The number of carbonyl (C=O) groups is 5. The second kappa shape index (κ2) is 13.0. The summed E-state index contributed by atoms with van der Waals surface area (Å²) in [5.74, 6) is -2.74. The predicted octanol–water partition coefficient (Wildman–Crippen LogP) is -1.82. The quantitative estimate of drug-likeness (QED) is 0.233. The van der Waals surface area contributed by atoms with E-state index < -0.39 is 48.4 Å². The highest BCUT2D eigenvalue weighted by molar-refractivity contribution is 5.94. The normalized spacial score (nSPS) is 21.9. The Labute approximate surface area is 209 Å². The summed E-state index contributed by atoms with van der Waals surface area (Å²) in [7, 11) is 0. The maximum absolute atomic E-state index is 12.7. The van der Waals surface area contributed by atoms with Crippen LogP contribution in [0.4, 0.5) is 0 Å². The van der Waals surface area contributed by atoms with Gasteiger partial charge in [-0.2, -0.15) is 0 Å². The van der Waals surface area contributed by atoms with Gasteiger partial charge >= 0.3 is 5.97 Å². The van der Waals surface area contributed by atoms with Gasteiger partial charge in [0.25, 0.3) is 0 Å². The second-order valence-corrected chi connectivity index (χ2v) is 8.85. The summed E-state index contributed by atoms with van der Waals surface area (Å²) >= 11 is 0. The van der Waals surface area contributed by atoms with Crippen LogP contribution in [0.3, 0.4) is 0 Å². The van der Waals surface area contributed by atoms with Gasteiger partial charge in [-0.1, -0.05) is 30.3 Å². The Morgan fingerprint density at radius 2 is 1.86 bits per heavy atom. The number of aliphatic hydroxyl groups is 1. The first-order valence-electron chi connectivity index (χ1n) is 12.0. The van der Waals surface area contributed by atoms with Gasteiger partial charge in [-0.05, 0) is 38.3 Å². The van der Waals surface area contributed by atoms with Gasteiger partial charge in [0.05, 0.1) is 18.7 Å². The van der Waals surface area contributed by atoms with Gasteiger partial charge in [-0.15, -0.1) is 0 Å². The molecule has 0 bridgehead atoms. The molecule has 0 aliphatic carbocycles. The molecule has 12 heteroatoms. The van der Waals surface area contributed by atoms with Crippen molar-refractivity contribution in [3.8, 4) is 0 Å². The molecule has 3 rings (SSSR count). The number of hydrogen-bond donors (Lipinski definition) is 5. The first-order chi connectivity index (χ1) is 17.3. The fraction of sp³-hybridized carbons (Fsp3) is 0.542. The summed E-state index contributed by atoms with van der Waals surface area (Å²) in [6, 6.07) is 6.67. The van der Waals surface area contributed by atoms with Gasteiger partial charge < -0.3 is 36.0 Å². The highest BCUT2D eigenvalue weighted by Gasteiger charge is 2.43. The van der Waals surface area contributed by atoms with E-state index in [1.807, 2.05) is 18.2 Å². The van der Waals surface area contributed by atoms with Crippen molar-refractivity contribution >= 4 is 29.6 Å². The lowest BCUT2D eigenvalue weighted by Crippen LogP contribution is -2.55. The highest BCUT2D eigenvalue weighted by Crippen LogP contribution is 2.21. The van der Waals surface area contributed by atoms with E-state index in [1.165, 1.54) is 11.8 Å². The van der Waals surface area contributed by atoms with Crippen molar-refractivity contribution < 1.29 is 33.8 Å². The van der Waals surface area contributed by atoms with Crippen LogP contribution >= 0.6 is 0 Å². The molecule has 12 nitrogen and oxygen atoms in total. The molecule has 2 aliphatic rings. The van der Waals surface area contributed by atoms with Crippen molar-refractivity contribution in [2.75, 3.05) is 26.2 Å². The Morgan fingerprint density at radius 3 is 2.56 bits per heavy atom. The van der Waals surface area contributed by atoms with Gasteiger partial charge in [-0.25, -0.2) is 0 Å². The summed E-state index contributed by atoms with van der Waals surface area (Å²) in [4.78, 5) is 63.0. The molecule has 36 heavy (non-hydrogen) atoms. The van der Waals surface area contributed by atoms with Crippen LogP contribution in [0.5, 0.6) is 0 Å². The van der Waals surface area contributed by atoms with Crippen LogP contribution < -0.4 is 21.3 Å². The predicted molar refractivity (Wildman–Crippen MR) is 127 cm³/mol. The zero-order valence-electron chi connectivity index (χ0n) is 20.2. The zero-order chi connectivity index (χ0) is 26.1. The summed E-state index contributed by atoms with van der Waals surface area (Å²) < 4.78 is 5.08. The van der Waals surface area contributed by atoms with E-state index in [0.29, 0.717) is 6.42 Å². The van der Waals surface area contributed by atoms with Crippen LogP contribution in [0.1, 0.15) is 31.7 Å². The monoisotopic (exact) mass is 503 g/mol. The molecule has 2 saturated heterocycles. The van der Waals surface area contributed by atoms with Crippen molar-refractivity contribution in [3.63, 3.8) is 0 Å². The van der Waals surface area contributed by atoms with Crippen LogP contribution in [-0.4, -0.2) is 90.0 Å². The summed E-state index contributed by atoms with van der Waals surface area (Å²) in [6.07, 6.45) is 0.787. The van der Waals surface area contributed by atoms with Crippen LogP contribution in [0.25, 0.3) is 0 Å². The highest BCUT2D eigenvalue weighted by atomic mass is 16.5. The fourth-order valence-corrected chi connectivity index (χ4v) is 4.17. The van der Waals surface area contributed by atoms with Crippen molar-refractivity contribution in [1.82, 2.24) is 26.2 Å². The third-order valence-electron chi connectivity index (χ3n) is 6.12. The molecule has 196 valence electrons. The molecule has 1 aromatic carbocycles. The molecule has 0 aromatic heterocycles. The Hall–Kier alpha value is -3.51. The Kier molecular flexibility index (Phi) is 9.77. The van der Waals surface area contributed by atoms with Crippen LogP contribution in [0.2, 0.25) is 0 Å². The lowest BCUT2D eigenvalue weighted by atomic mass is 10.1. The van der Waals surface area contributed by atoms with E-state index in [1.54, 1.807) is 12.1 Å². The number of benzene rings is 1. The molecule has 1 unspecified atom stereocenters. The number of nitrogens with one attached hydrogen (secondary N) is 4. The third kappa shape index (κ3) is 7.49. The van der Waals surface area contributed by atoms with Crippen molar-refractivity contribution in [2.45, 2.75) is 57.0 Å². The molecular formula is C24H33N5O7. The Morgan fingerprint density at radius 1 is 1.11 bits per heavy atom. The van der Waals surface area contributed by atoms with E-state index in [4.69, 9.17) is 4.74 Å². The molecule has 1 aromatic rings. The van der Waals surface area contributed by atoms with Gasteiger partial charge in [0.15, 0.2) is 0 Å². The average Bonchev–Trinajstić information content (AvgIpc) is 3.55. The Balaban J connectivity index is 1.37. The van der Waals surface area contributed by atoms with Crippen LogP contribution in [-0.2, 0) is 35.3 Å². The van der Waals surface area contributed by atoms with Gasteiger partial charge in [0, 0.05) is 6.54 Å². The number of likely N-dealkylation sites (tertiary alicyclic amines) is 1. The van der Waals surface area contributed by atoms with Gasteiger partial charge in [0.2, 0.25) is 23.6 Å². The lowest BCUT2D eigenvalue weighted by Gasteiger charge is -2.27. The standard InChI is InChI=1S/C24H33N5O7/c1-15(22(33)27-13-20(32)36-14-16-6-3-2-4-7-16)28-19(31)12-26-23(34)21-18(30)9-11-29(21)24(35)17-8-5-10-25-17/h2-4,6-7,15,17-18,21,25,30H,5,8-14H2,1H3,(H,26,34)(H,27,33)(H,28,31)/t15-,17-,18?,21-/m0/s1. The van der Waals surface area contributed by atoms with Crippen molar-refractivity contribution in [2.24, 2.45) is 0 Å². The number of carbonyl (C=O) groups excluding carboxylic acids is 5. The van der Waals surface area contributed by atoms with E-state index in [9.17, 15) is 29.1 Å². The number of amides is 4. The summed E-state index contributed by atoms with van der Waals surface area (Å²) in [5.41, 5.74) is 0.813. The minimum absolute atomic E-state index is 0.0808. The number of aliphatic hydroxyl groups excluding tert-OH is 1. The maximum atomic E-state index is 12.7. The average molecular weight is 504 g/mol. The molecule has 0 radical (unpaired) electrons. The molecule has 2 aliphatic heterocycles. The number of hydrogen-bond acceptors (Lipinski definition) is 8. The lowest BCUT2D eigenvalue weighted by molar-refractivity contribution is -0.145. The molecule has 5 N–H and O–H groups in total. The molecular weight excluding hydrogens is 470 g/mol. The topological polar surface area (TPSA) is 166 Å². The number of esters is 1. The van der Waals surface area contributed by atoms with Crippen LogP contribution in [0.15, 0.2) is 30.3 Å². The summed E-state index contributed by atoms with van der Waals surface area (Å²) in [6.45, 7) is 1.69. The van der Waals surface area contributed by atoms with Gasteiger partial charge in [-0.3, -0.25) is 24.0 Å². The molecule has 4 atom stereocenters. The fourth-order valence-electron chi connectivity index (χ4n) is 4.17. The number of nitrogens with zero attached hydrogens (tertiary/aromatic N) is 1. The number of rotatable bonds is 10.